The molecule has 0 aliphatic rings. The fourth-order valence-corrected chi connectivity index (χ4v) is 1.69. The van der Waals surface area contributed by atoms with Crippen LogP contribution in [0.3, 0.4) is 0 Å². The molecule has 0 aliphatic carbocycles. The summed E-state index contributed by atoms with van der Waals surface area (Å²) in [4.78, 5) is 0. The average molecular weight is 212 g/mol. The smallest absolute Gasteiger partial charge is 0.0817 e. The highest BCUT2D eigenvalue weighted by atomic mass is 16.5. The molecule has 0 spiro atoms. The van der Waals surface area contributed by atoms with E-state index in [1.54, 1.807) is 0 Å². The first kappa shape index (κ1) is 14.4. The number of ether oxygens (including phenoxy) is 1. The minimum absolute atomic E-state index is 0.156. The molecule has 0 saturated heterocycles. The molecule has 15 heavy (non-hydrogen) atoms. The Morgan fingerprint density at radius 2 is 2.13 bits per heavy atom. The van der Waals surface area contributed by atoms with E-state index in [1.807, 2.05) is 13.8 Å². The van der Waals surface area contributed by atoms with Gasteiger partial charge in [-0.05, 0) is 33.6 Å². The molecule has 0 rings (SSSR count). The Morgan fingerprint density at radius 3 is 2.53 bits per heavy atom. The lowest BCUT2D eigenvalue weighted by Crippen LogP contribution is -2.52. The van der Waals surface area contributed by atoms with Gasteiger partial charge in [-0.3, -0.25) is 11.3 Å². The van der Waals surface area contributed by atoms with Gasteiger partial charge in [0.2, 0.25) is 0 Å². The summed E-state index contributed by atoms with van der Waals surface area (Å²) in [6.45, 7) is 8.79. The van der Waals surface area contributed by atoms with Gasteiger partial charge < -0.3 is 4.74 Å². The van der Waals surface area contributed by atoms with Crippen LogP contribution >= 0.6 is 0 Å². The van der Waals surface area contributed by atoms with Crippen molar-refractivity contribution in [3.05, 3.63) is 0 Å². The first-order chi connectivity index (χ1) is 7.14. The van der Waals surface area contributed by atoms with E-state index in [-0.39, 0.29) is 11.6 Å². The van der Waals surface area contributed by atoms with E-state index < -0.39 is 0 Å². The first-order valence-electron chi connectivity index (χ1n) is 5.64. The standard InChI is InChI=1S/C12H24N2O/c1-5-8-9-10-11(14-13)12(4,6-2)15-7-3/h11,14H,6-7,9-10,13H2,1-4H3. The molecular weight excluding hydrogens is 188 g/mol. The number of nitrogens with two attached hydrogens (primary N) is 1. The van der Waals surface area contributed by atoms with Crippen LogP contribution in [0.25, 0.3) is 0 Å². The van der Waals surface area contributed by atoms with Crippen molar-refractivity contribution in [2.75, 3.05) is 6.61 Å². The maximum Gasteiger partial charge on any atom is 0.0817 e. The molecular formula is C12H24N2O. The molecule has 3 N–H and O–H groups in total. The third-order valence-electron chi connectivity index (χ3n) is 2.85. The van der Waals surface area contributed by atoms with Gasteiger partial charge in [0.15, 0.2) is 0 Å². The highest BCUT2D eigenvalue weighted by Crippen LogP contribution is 2.22. The highest BCUT2D eigenvalue weighted by molar-refractivity contribution is 4.97. The van der Waals surface area contributed by atoms with Crippen LogP contribution in [-0.4, -0.2) is 18.2 Å². The molecule has 0 aromatic rings. The molecule has 2 atom stereocenters. The maximum atomic E-state index is 5.77. The second-order valence-electron chi connectivity index (χ2n) is 3.78. The predicted octanol–water partition coefficient (Wildman–Crippen LogP) is 1.83. The van der Waals surface area contributed by atoms with Gasteiger partial charge in [-0.15, -0.1) is 11.8 Å². The molecule has 0 bridgehead atoms. The molecule has 0 radical (unpaired) electrons. The maximum absolute atomic E-state index is 5.77. The van der Waals surface area contributed by atoms with Crippen LogP contribution in [-0.2, 0) is 4.74 Å². The lowest BCUT2D eigenvalue weighted by Gasteiger charge is -2.36. The van der Waals surface area contributed by atoms with E-state index in [1.165, 1.54) is 0 Å². The van der Waals surface area contributed by atoms with Crippen molar-refractivity contribution in [3.63, 3.8) is 0 Å². The third-order valence-corrected chi connectivity index (χ3v) is 2.85. The van der Waals surface area contributed by atoms with E-state index in [9.17, 15) is 0 Å². The molecule has 0 aliphatic heterocycles. The van der Waals surface area contributed by atoms with Crippen LogP contribution in [0.2, 0.25) is 0 Å². The van der Waals surface area contributed by atoms with Gasteiger partial charge in [-0.1, -0.05) is 6.92 Å². The van der Waals surface area contributed by atoms with Crippen molar-refractivity contribution in [3.8, 4) is 11.8 Å². The molecule has 0 heterocycles. The quantitative estimate of drug-likeness (QED) is 0.384. The Labute approximate surface area is 93.7 Å². The van der Waals surface area contributed by atoms with E-state index in [2.05, 4.69) is 31.1 Å². The van der Waals surface area contributed by atoms with Crippen molar-refractivity contribution in [2.24, 2.45) is 5.84 Å². The highest BCUT2D eigenvalue weighted by Gasteiger charge is 2.31. The molecule has 3 nitrogen and oxygen atoms in total. The van der Waals surface area contributed by atoms with E-state index in [4.69, 9.17) is 10.6 Å². The number of hydrazine groups is 1. The Hall–Kier alpha value is -0.560. The Balaban J connectivity index is 4.36. The number of nitrogens with one attached hydrogen (secondary N) is 1. The van der Waals surface area contributed by atoms with Crippen molar-refractivity contribution in [2.45, 2.75) is 58.6 Å². The summed E-state index contributed by atoms with van der Waals surface area (Å²) in [6, 6.07) is 0.156. The summed E-state index contributed by atoms with van der Waals surface area (Å²) >= 11 is 0. The molecule has 3 heteroatoms. The van der Waals surface area contributed by atoms with Gasteiger partial charge in [0.05, 0.1) is 11.6 Å². The zero-order valence-corrected chi connectivity index (χ0v) is 10.4. The fraction of sp³-hybridized carbons (Fsp3) is 0.833. The van der Waals surface area contributed by atoms with Crippen molar-refractivity contribution < 1.29 is 4.74 Å². The van der Waals surface area contributed by atoms with Gasteiger partial charge in [-0.25, -0.2) is 0 Å². The molecule has 0 amide bonds. The largest absolute Gasteiger partial charge is 0.374 e. The van der Waals surface area contributed by atoms with Crippen LogP contribution in [0.15, 0.2) is 0 Å². The number of hydrogen-bond donors (Lipinski definition) is 2. The first-order valence-corrected chi connectivity index (χ1v) is 5.64. The Bertz CT molecular complexity index is 219. The zero-order chi connectivity index (χ0) is 11.7. The van der Waals surface area contributed by atoms with Crippen LogP contribution in [0.4, 0.5) is 0 Å². The molecule has 0 fully saturated rings. The molecule has 0 aromatic carbocycles. The number of hydrogen-bond acceptors (Lipinski definition) is 3. The van der Waals surface area contributed by atoms with Crippen LogP contribution in [0.5, 0.6) is 0 Å². The lowest BCUT2D eigenvalue weighted by atomic mass is 9.90. The second-order valence-corrected chi connectivity index (χ2v) is 3.78. The zero-order valence-electron chi connectivity index (χ0n) is 10.4. The number of rotatable bonds is 7. The van der Waals surface area contributed by atoms with Gasteiger partial charge >= 0.3 is 0 Å². The summed E-state index contributed by atoms with van der Waals surface area (Å²) in [5.41, 5.74) is 2.65. The van der Waals surface area contributed by atoms with Gasteiger partial charge in [0, 0.05) is 13.0 Å². The van der Waals surface area contributed by atoms with Crippen molar-refractivity contribution >= 4 is 0 Å². The molecule has 2 unspecified atom stereocenters. The summed E-state index contributed by atoms with van der Waals surface area (Å²) in [6.07, 6.45) is 2.71. The SMILES string of the molecule is CC#CCCC(NN)C(C)(CC)OCC. The van der Waals surface area contributed by atoms with Crippen molar-refractivity contribution in [1.82, 2.24) is 5.43 Å². The molecule has 0 saturated carbocycles. The van der Waals surface area contributed by atoms with Crippen LogP contribution in [0.1, 0.15) is 47.0 Å². The topological polar surface area (TPSA) is 47.3 Å². The normalized spacial score (nSPS) is 16.3. The molecule has 88 valence electrons. The fourth-order valence-electron chi connectivity index (χ4n) is 1.69. The Kier molecular flexibility index (Phi) is 7.41. The van der Waals surface area contributed by atoms with Gasteiger partial charge in [0.1, 0.15) is 0 Å². The monoisotopic (exact) mass is 212 g/mol. The lowest BCUT2D eigenvalue weighted by molar-refractivity contribution is -0.0567. The van der Waals surface area contributed by atoms with Gasteiger partial charge in [-0.2, -0.15) is 0 Å². The predicted molar refractivity (Wildman–Crippen MR) is 64.1 cm³/mol. The minimum Gasteiger partial charge on any atom is -0.374 e. The van der Waals surface area contributed by atoms with E-state index >= 15 is 0 Å². The molecule has 0 aromatic heterocycles. The van der Waals surface area contributed by atoms with Crippen LogP contribution < -0.4 is 11.3 Å². The summed E-state index contributed by atoms with van der Waals surface area (Å²) in [5, 5.41) is 0. The van der Waals surface area contributed by atoms with E-state index in [0.717, 1.165) is 19.3 Å². The van der Waals surface area contributed by atoms with Gasteiger partial charge in [0.25, 0.3) is 0 Å². The third kappa shape index (κ3) is 4.65. The summed E-state index contributed by atoms with van der Waals surface area (Å²) in [7, 11) is 0. The van der Waals surface area contributed by atoms with E-state index in [0.29, 0.717) is 6.61 Å². The average Bonchev–Trinajstić information content (AvgIpc) is 2.24. The minimum atomic E-state index is -0.196. The van der Waals surface area contributed by atoms with Crippen molar-refractivity contribution in [1.29, 1.82) is 0 Å². The summed E-state index contributed by atoms with van der Waals surface area (Å²) < 4.78 is 5.77. The summed E-state index contributed by atoms with van der Waals surface area (Å²) in [5.74, 6) is 11.5. The second kappa shape index (κ2) is 7.70. The Morgan fingerprint density at radius 1 is 1.47 bits per heavy atom. The van der Waals surface area contributed by atoms with Crippen LogP contribution in [0, 0.1) is 11.8 Å².